The van der Waals surface area contributed by atoms with Crippen LogP contribution in [0.4, 0.5) is 0 Å². The fraction of sp³-hybridized carbons (Fsp3) is 0.483. The van der Waals surface area contributed by atoms with Crippen LogP contribution < -0.4 is 0 Å². The van der Waals surface area contributed by atoms with E-state index in [1.165, 1.54) is 55.2 Å². The van der Waals surface area contributed by atoms with Gasteiger partial charge in [0.1, 0.15) is 0 Å². The molecular formula is C29H31NO2. The monoisotopic (exact) mass is 425 g/mol. The first-order valence-electron chi connectivity index (χ1n) is 12.4. The molecule has 3 heteroatoms. The SMILES string of the molecule is CCc1ccc(-c2ccc3c(c2)C=CC(C(=O)N=O)C3)cc1C12CC3CC(CC(C3)C1)C2. The van der Waals surface area contributed by atoms with Gasteiger partial charge in [-0.05, 0) is 114 Å². The average Bonchev–Trinajstić information content (AvgIpc) is 2.81. The summed E-state index contributed by atoms with van der Waals surface area (Å²) < 4.78 is 0. The number of nitrogens with zero attached hydrogens (tertiary/aromatic N) is 1. The third-order valence-corrected chi connectivity index (χ3v) is 8.93. The Labute approximate surface area is 190 Å². The van der Waals surface area contributed by atoms with E-state index in [2.05, 4.69) is 48.5 Å². The van der Waals surface area contributed by atoms with Crippen molar-refractivity contribution in [3.05, 3.63) is 69.6 Å². The maximum atomic E-state index is 11.7. The van der Waals surface area contributed by atoms with E-state index < -0.39 is 11.8 Å². The number of nitroso groups, excluding NO2 is 1. The van der Waals surface area contributed by atoms with Gasteiger partial charge in [0.25, 0.3) is 5.91 Å². The summed E-state index contributed by atoms with van der Waals surface area (Å²) >= 11 is 0. The highest BCUT2D eigenvalue weighted by molar-refractivity contribution is 5.84. The molecule has 2 aromatic rings. The molecule has 164 valence electrons. The van der Waals surface area contributed by atoms with Gasteiger partial charge in [0.15, 0.2) is 0 Å². The van der Waals surface area contributed by atoms with Gasteiger partial charge in [-0.15, -0.1) is 4.91 Å². The van der Waals surface area contributed by atoms with Crippen LogP contribution in [0.25, 0.3) is 17.2 Å². The number of carbonyl (C=O) groups excluding carboxylic acids is 1. The van der Waals surface area contributed by atoms with Gasteiger partial charge in [0.05, 0.1) is 5.92 Å². The molecular weight excluding hydrogens is 394 g/mol. The molecule has 4 saturated carbocycles. The average molecular weight is 426 g/mol. The molecule has 1 amide bonds. The molecule has 1 atom stereocenters. The van der Waals surface area contributed by atoms with Gasteiger partial charge in [0, 0.05) is 5.18 Å². The summed E-state index contributed by atoms with van der Waals surface area (Å²) in [6, 6.07) is 13.7. The molecule has 0 radical (unpaired) electrons. The van der Waals surface area contributed by atoms with Crippen molar-refractivity contribution in [2.24, 2.45) is 28.8 Å². The summed E-state index contributed by atoms with van der Waals surface area (Å²) in [6.07, 6.45) is 14.1. The Balaban J connectivity index is 1.37. The van der Waals surface area contributed by atoms with E-state index in [4.69, 9.17) is 0 Å². The summed E-state index contributed by atoms with van der Waals surface area (Å²) in [5.74, 6) is 1.84. The minimum atomic E-state index is -0.577. The van der Waals surface area contributed by atoms with Crippen molar-refractivity contribution >= 4 is 12.0 Å². The van der Waals surface area contributed by atoms with E-state index in [9.17, 15) is 9.70 Å². The van der Waals surface area contributed by atoms with E-state index in [-0.39, 0.29) is 0 Å². The van der Waals surface area contributed by atoms with E-state index in [1.54, 1.807) is 5.56 Å². The minimum absolute atomic E-state index is 0.402. The zero-order valence-corrected chi connectivity index (χ0v) is 18.8. The van der Waals surface area contributed by atoms with E-state index in [1.807, 2.05) is 12.2 Å². The van der Waals surface area contributed by atoms with E-state index in [0.29, 0.717) is 11.8 Å². The smallest absolute Gasteiger partial charge is 0.268 e. The molecule has 0 N–H and O–H groups in total. The van der Waals surface area contributed by atoms with Crippen LogP contribution in [0.3, 0.4) is 0 Å². The lowest BCUT2D eigenvalue weighted by Crippen LogP contribution is -2.48. The van der Waals surface area contributed by atoms with Gasteiger partial charge >= 0.3 is 0 Å². The van der Waals surface area contributed by atoms with Gasteiger partial charge < -0.3 is 0 Å². The predicted octanol–water partition coefficient (Wildman–Crippen LogP) is 6.86. The van der Waals surface area contributed by atoms with Gasteiger partial charge in [-0.1, -0.05) is 49.4 Å². The Morgan fingerprint density at radius 1 is 0.969 bits per heavy atom. The third-order valence-electron chi connectivity index (χ3n) is 8.93. The molecule has 2 aromatic carbocycles. The first-order valence-corrected chi connectivity index (χ1v) is 12.4. The molecule has 0 aromatic heterocycles. The number of benzene rings is 2. The second-order valence-corrected chi connectivity index (χ2v) is 10.9. The number of amides is 1. The fourth-order valence-corrected chi connectivity index (χ4v) is 7.88. The van der Waals surface area contributed by atoms with Gasteiger partial charge in [0.2, 0.25) is 0 Å². The summed E-state index contributed by atoms with van der Waals surface area (Å²) in [7, 11) is 0. The molecule has 5 aliphatic carbocycles. The summed E-state index contributed by atoms with van der Waals surface area (Å²) in [5.41, 5.74) is 8.37. The highest BCUT2D eigenvalue weighted by atomic mass is 16.3. The predicted molar refractivity (Wildman–Crippen MR) is 128 cm³/mol. The van der Waals surface area contributed by atoms with Crippen LogP contribution in [0, 0.1) is 28.6 Å². The van der Waals surface area contributed by atoms with Crippen LogP contribution in [0.5, 0.6) is 0 Å². The summed E-state index contributed by atoms with van der Waals surface area (Å²) in [5, 5.41) is 2.61. The number of hydrogen-bond acceptors (Lipinski definition) is 2. The molecule has 0 aliphatic heterocycles. The van der Waals surface area contributed by atoms with Crippen molar-refractivity contribution < 1.29 is 4.79 Å². The van der Waals surface area contributed by atoms with Crippen LogP contribution in [-0.4, -0.2) is 5.91 Å². The van der Waals surface area contributed by atoms with Gasteiger partial charge in [-0.2, -0.15) is 0 Å². The second kappa shape index (κ2) is 7.50. The van der Waals surface area contributed by atoms with Crippen LogP contribution in [0.2, 0.25) is 0 Å². The van der Waals surface area contributed by atoms with Crippen molar-refractivity contribution in [2.75, 3.05) is 0 Å². The Kier molecular flexibility index (Phi) is 4.71. The Morgan fingerprint density at radius 3 is 2.28 bits per heavy atom. The molecule has 0 heterocycles. The highest BCUT2D eigenvalue weighted by Gasteiger charge is 2.52. The van der Waals surface area contributed by atoms with Crippen LogP contribution >= 0.6 is 0 Å². The Morgan fingerprint density at radius 2 is 1.62 bits per heavy atom. The van der Waals surface area contributed by atoms with Crippen molar-refractivity contribution in [2.45, 2.75) is 63.7 Å². The largest absolute Gasteiger partial charge is 0.293 e. The Hall–Kier alpha value is -2.55. The van der Waals surface area contributed by atoms with Crippen molar-refractivity contribution in [3.8, 4) is 11.1 Å². The molecule has 32 heavy (non-hydrogen) atoms. The summed E-state index contributed by atoms with van der Waals surface area (Å²) in [4.78, 5) is 22.3. The number of hydrogen-bond donors (Lipinski definition) is 0. The number of carbonyl (C=O) groups is 1. The molecule has 7 rings (SSSR count). The van der Waals surface area contributed by atoms with Crippen molar-refractivity contribution in [3.63, 3.8) is 0 Å². The van der Waals surface area contributed by atoms with Crippen LogP contribution in [0.15, 0.2) is 47.7 Å². The van der Waals surface area contributed by atoms with Gasteiger partial charge in [-0.3, -0.25) is 4.79 Å². The minimum Gasteiger partial charge on any atom is -0.268 e. The lowest BCUT2D eigenvalue weighted by molar-refractivity contribution is -0.120. The molecule has 1 unspecified atom stereocenters. The number of rotatable bonds is 4. The van der Waals surface area contributed by atoms with E-state index in [0.717, 1.165) is 35.3 Å². The molecule has 3 nitrogen and oxygen atoms in total. The molecule has 4 bridgehead atoms. The standard InChI is InChI=1S/C29H31NO2/c1-2-21-3-4-25(14-27(21)29-15-18-9-19(16-29)11-20(10-18)17-29)23-5-6-24-13-26(28(31)30-32)8-7-22(24)12-23/h3-8,12,14,18-20,26H,2,9-11,13,15-17H2,1H3. The molecule has 5 aliphatic rings. The maximum Gasteiger partial charge on any atom is 0.293 e. The third kappa shape index (κ3) is 3.20. The first-order chi connectivity index (χ1) is 15.6. The highest BCUT2D eigenvalue weighted by Crippen LogP contribution is 2.61. The zero-order chi connectivity index (χ0) is 21.9. The van der Waals surface area contributed by atoms with Crippen LogP contribution in [0.1, 0.15) is 67.7 Å². The summed E-state index contributed by atoms with van der Waals surface area (Å²) in [6.45, 7) is 2.30. The van der Waals surface area contributed by atoms with Gasteiger partial charge in [-0.25, -0.2) is 0 Å². The fourth-order valence-electron chi connectivity index (χ4n) is 7.88. The first kappa shape index (κ1) is 20.1. The normalized spacial score (nSPS) is 32.0. The van der Waals surface area contributed by atoms with Crippen molar-refractivity contribution in [1.29, 1.82) is 0 Å². The zero-order valence-electron chi connectivity index (χ0n) is 18.8. The molecule has 0 saturated heterocycles. The molecule has 4 fully saturated rings. The lowest BCUT2D eigenvalue weighted by Gasteiger charge is -2.57. The van der Waals surface area contributed by atoms with Crippen LogP contribution in [-0.2, 0) is 23.1 Å². The second-order valence-electron chi connectivity index (χ2n) is 10.9. The quantitative estimate of drug-likeness (QED) is 0.502. The number of aryl methyl sites for hydroxylation is 1. The maximum absolute atomic E-state index is 11.7. The Bertz CT molecular complexity index is 1090. The topological polar surface area (TPSA) is 46.5 Å². The number of fused-ring (bicyclic) bond motifs is 1. The molecule has 0 spiro atoms. The lowest BCUT2D eigenvalue weighted by atomic mass is 9.47. The van der Waals surface area contributed by atoms with E-state index >= 15 is 0 Å². The van der Waals surface area contributed by atoms with Crippen molar-refractivity contribution in [1.82, 2.24) is 0 Å².